The Morgan fingerprint density at radius 2 is 2.00 bits per heavy atom. The molecular formula is C14H21N3O3. The van der Waals surface area contributed by atoms with E-state index in [1.807, 2.05) is 12.1 Å². The third kappa shape index (κ3) is 4.79. The number of likely N-dealkylation sites (N-methyl/N-ethyl adjacent to an activating group) is 1. The molecule has 6 heteroatoms. The van der Waals surface area contributed by atoms with Gasteiger partial charge in [-0.25, -0.2) is 0 Å². The van der Waals surface area contributed by atoms with Crippen LogP contribution in [0.25, 0.3) is 0 Å². The van der Waals surface area contributed by atoms with Gasteiger partial charge in [-0.05, 0) is 19.1 Å². The molecule has 0 aliphatic rings. The number of rotatable bonds is 6. The Labute approximate surface area is 118 Å². The van der Waals surface area contributed by atoms with Crippen molar-refractivity contribution < 1.29 is 14.3 Å². The Morgan fingerprint density at radius 3 is 2.60 bits per heavy atom. The van der Waals surface area contributed by atoms with Gasteiger partial charge in [0.2, 0.25) is 11.8 Å². The number of amides is 2. The molecule has 3 N–H and O–H groups in total. The molecule has 0 heterocycles. The van der Waals surface area contributed by atoms with Gasteiger partial charge in [0.05, 0.1) is 18.7 Å². The van der Waals surface area contributed by atoms with Crippen LogP contribution >= 0.6 is 0 Å². The standard InChI is InChI=1S/C14H21N3O3/c1-10(14(19)17(2)3)16-13(18)8-9-20-12-7-5-4-6-11(12)15/h4-7,10H,8-9,15H2,1-3H3,(H,16,18). The van der Waals surface area contributed by atoms with E-state index in [9.17, 15) is 9.59 Å². The third-order valence-electron chi connectivity index (χ3n) is 2.69. The zero-order chi connectivity index (χ0) is 15.1. The van der Waals surface area contributed by atoms with E-state index < -0.39 is 6.04 Å². The second-order valence-electron chi connectivity index (χ2n) is 4.66. The van der Waals surface area contributed by atoms with Crippen LogP contribution in [0.4, 0.5) is 5.69 Å². The highest BCUT2D eigenvalue weighted by Crippen LogP contribution is 2.19. The summed E-state index contributed by atoms with van der Waals surface area (Å²) in [6.07, 6.45) is 0.166. The summed E-state index contributed by atoms with van der Waals surface area (Å²) in [6, 6.07) is 6.55. The molecule has 2 amide bonds. The van der Waals surface area contributed by atoms with Crippen molar-refractivity contribution in [1.82, 2.24) is 10.2 Å². The highest BCUT2D eigenvalue weighted by molar-refractivity contribution is 5.87. The van der Waals surface area contributed by atoms with E-state index in [2.05, 4.69) is 5.32 Å². The van der Waals surface area contributed by atoms with Crippen LogP contribution in [0.15, 0.2) is 24.3 Å². The third-order valence-corrected chi connectivity index (χ3v) is 2.69. The molecule has 0 aliphatic carbocycles. The van der Waals surface area contributed by atoms with E-state index in [1.165, 1.54) is 4.90 Å². The number of carbonyl (C=O) groups is 2. The van der Waals surface area contributed by atoms with Crippen molar-refractivity contribution >= 4 is 17.5 Å². The van der Waals surface area contributed by atoms with E-state index in [0.29, 0.717) is 11.4 Å². The smallest absolute Gasteiger partial charge is 0.244 e. The van der Waals surface area contributed by atoms with Crippen LogP contribution in [-0.4, -0.2) is 43.5 Å². The predicted molar refractivity (Wildman–Crippen MR) is 77.3 cm³/mol. The first kappa shape index (κ1) is 15.8. The number of hydrogen-bond acceptors (Lipinski definition) is 4. The van der Waals surface area contributed by atoms with E-state index in [1.54, 1.807) is 33.2 Å². The number of nitrogen functional groups attached to an aromatic ring is 1. The topological polar surface area (TPSA) is 84.7 Å². The summed E-state index contributed by atoms with van der Waals surface area (Å²) in [7, 11) is 3.29. The number of nitrogens with zero attached hydrogens (tertiary/aromatic N) is 1. The van der Waals surface area contributed by atoms with Gasteiger partial charge in [0.15, 0.2) is 0 Å². The molecule has 0 bridgehead atoms. The summed E-state index contributed by atoms with van der Waals surface area (Å²) in [4.78, 5) is 24.7. The number of benzene rings is 1. The van der Waals surface area contributed by atoms with Crippen molar-refractivity contribution in [2.24, 2.45) is 0 Å². The fourth-order valence-corrected chi connectivity index (χ4v) is 1.63. The van der Waals surface area contributed by atoms with Gasteiger partial charge >= 0.3 is 0 Å². The lowest BCUT2D eigenvalue weighted by atomic mass is 10.3. The average molecular weight is 279 g/mol. The van der Waals surface area contributed by atoms with Crippen LogP contribution in [0.3, 0.4) is 0 Å². The molecule has 1 aromatic carbocycles. The minimum Gasteiger partial charge on any atom is -0.491 e. The molecule has 0 aromatic heterocycles. The maximum absolute atomic E-state index is 11.7. The fraction of sp³-hybridized carbons (Fsp3) is 0.429. The highest BCUT2D eigenvalue weighted by atomic mass is 16.5. The number of nitrogens with one attached hydrogen (secondary N) is 1. The summed E-state index contributed by atoms with van der Waals surface area (Å²) < 4.78 is 5.42. The number of hydrogen-bond donors (Lipinski definition) is 2. The van der Waals surface area contributed by atoms with Gasteiger partial charge in [-0.2, -0.15) is 0 Å². The molecule has 1 unspecified atom stereocenters. The van der Waals surface area contributed by atoms with Gasteiger partial charge in [0.1, 0.15) is 11.8 Å². The maximum atomic E-state index is 11.7. The molecule has 0 saturated carbocycles. The zero-order valence-electron chi connectivity index (χ0n) is 12.1. The van der Waals surface area contributed by atoms with Crippen molar-refractivity contribution in [3.05, 3.63) is 24.3 Å². The lowest BCUT2D eigenvalue weighted by molar-refractivity contribution is -0.134. The van der Waals surface area contributed by atoms with E-state index in [4.69, 9.17) is 10.5 Å². The number of nitrogens with two attached hydrogens (primary N) is 1. The molecule has 1 rings (SSSR count). The Balaban J connectivity index is 2.34. The minimum atomic E-state index is -0.542. The second kappa shape index (κ2) is 7.37. The normalized spacial score (nSPS) is 11.6. The summed E-state index contributed by atoms with van der Waals surface area (Å²) in [5.41, 5.74) is 6.25. The molecule has 0 radical (unpaired) electrons. The first-order valence-electron chi connectivity index (χ1n) is 6.39. The van der Waals surface area contributed by atoms with Crippen LogP contribution in [0, 0.1) is 0 Å². The van der Waals surface area contributed by atoms with Crippen molar-refractivity contribution in [3.8, 4) is 5.75 Å². The van der Waals surface area contributed by atoms with Crippen LogP contribution < -0.4 is 15.8 Å². The molecule has 1 atom stereocenters. The van der Waals surface area contributed by atoms with Crippen molar-refractivity contribution in [2.45, 2.75) is 19.4 Å². The lowest BCUT2D eigenvalue weighted by Crippen LogP contribution is -2.44. The van der Waals surface area contributed by atoms with Gasteiger partial charge in [0, 0.05) is 14.1 Å². The maximum Gasteiger partial charge on any atom is 0.244 e. The quantitative estimate of drug-likeness (QED) is 0.748. The Kier molecular flexibility index (Phi) is 5.83. The average Bonchev–Trinajstić information content (AvgIpc) is 2.39. The summed E-state index contributed by atoms with van der Waals surface area (Å²) in [5.74, 6) is 0.173. The Bertz CT molecular complexity index is 474. The molecule has 0 spiro atoms. The number of carbonyl (C=O) groups excluding carboxylic acids is 2. The molecule has 6 nitrogen and oxygen atoms in total. The molecule has 0 aliphatic heterocycles. The second-order valence-corrected chi connectivity index (χ2v) is 4.66. The molecule has 20 heavy (non-hydrogen) atoms. The number of ether oxygens (including phenoxy) is 1. The zero-order valence-corrected chi connectivity index (χ0v) is 12.1. The first-order valence-corrected chi connectivity index (χ1v) is 6.39. The summed E-state index contributed by atoms with van der Waals surface area (Å²) in [5, 5.41) is 2.62. The molecule has 1 aromatic rings. The van der Waals surface area contributed by atoms with E-state index in [-0.39, 0.29) is 24.8 Å². The van der Waals surface area contributed by atoms with Crippen molar-refractivity contribution in [2.75, 3.05) is 26.4 Å². The minimum absolute atomic E-state index is 0.147. The van der Waals surface area contributed by atoms with Gasteiger partial charge in [-0.1, -0.05) is 12.1 Å². The van der Waals surface area contributed by atoms with Gasteiger partial charge in [0.25, 0.3) is 0 Å². The summed E-state index contributed by atoms with van der Waals surface area (Å²) in [6.45, 7) is 1.86. The Hall–Kier alpha value is -2.24. The van der Waals surface area contributed by atoms with Gasteiger partial charge in [-0.15, -0.1) is 0 Å². The molecule has 0 saturated heterocycles. The van der Waals surface area contributed by atoms with Crippen LogP contribution in [0.2, 0.25) is 0 Å². The molecule has 110 valence electrons. The van der Waals surface area contributed by atoms with E-state index in [0.717, 1.165) is 0 Å². The van der Waals surface area contributed by atoms with E-state index >= 15 is 0 Å². The van der Waals surface area contributed by atoms with Gasteiger partial charge in [-0.3, -0.25) is 9.59 Å². The van der Waals surface area contributed by atoms with Crippen LogP contribution in [0.5, 0.6) is 5.75 Å². The first-order chi connectivity index (χ1) is 9.41. The van der Waals surface area contributed by atoms with Crippen molar-refractivity contribution in [3.63, 3.8) is 0 Å². The van der Waals surface area contributed by atoms with Crippen LogP contribution in [0.1, 0.15) is 13.3 Å². The SMILES string of the molecule is CC(NC(=O)CCOc1ccccc1N)C(=O)N(C)C. The molecular weight excluding hydrogens is 258 g/mol. The monoisotopic (exact) mass is 279 g/mol. The highest BCUT2D eigenvalue weighted by Gasteiger charge is 2.16. The fourth-order valence-electron chi connectivity index (χ4n) is 1.63. The Morgan fingerprint density at radius 1 is 1.35 bits per heavy atom. The number of para-hydroxylation sites is 2. The lowest BCUT2D eigenvalue weighted by Gasteiger charge is -2.18. The van der Waals surface area contributed by atoms with Crippen LogP contribution in [-0.2, 0) is 9.59 Å². The molecule has 0 fully saturated rings. The number of anilines is 1. The largest absolute Gasteiger partial charge is 0.491 e. The predicted octanol–water partition coefficient (Wildman–Crippen LogP) is 0.631. The summed E-state index contributed by atoms with van der Waals surface area (Å²) >= 11 is 0. The van der Waals surface area contributed by atoms with Gasteiger partial charge < -0.3 is 20.7 Å². The van der Waals surface area contributed by atoms with Crippen molar-refractivity contribution in [1.29, 1.82) is 0 Å².